The van der Waals surface area contributed by atoms with E-state index in [-0.39, 0.29) is 5.41 Å². The van der Waals surface area contributed by atoms with Crippen LogP contribution >= 0.6 is 11.3 Å². The van der Waals surface area contributed by atoms with Crippen molar-refractivity contribution in [2.24, 2.45) is 23.2 Å². The lowest BCUT2D eigenvalue weighted by molar-refractivity contribution is -0.157. The molecular weight excluding hydrogens is 294 g/mol. The molecule has 4 fully saturated rings. The monoisotopic (exact) mass is 319 g/mol. The second-order valence-corrected chi connectivity index (χ2v) is 8.89. The standard InChI is InChI=1S/C18H25NO2S/c1-19(11-15(20)16-3-2-4-22-16)17(21)18-8-12-5-13(9-18)7-14(6-12)10-18/h2-4,12-15,20H,5-11H2,1H3. The Morgan fingerprint density at radius 2 is 1.91 bits per heavy atom. The minimum atomic E-state index is -0.553. The Bertz CT molecular complexity index is 518. The molecule has 5 rings (SSSR count). The van der Waals surface area contributed by atoms with Crippen molar-refractivity contribution in [1.29, 1.82) is 0 Å². The van der Waals surface area contributed by atoms with Gasteiger partial charge in [-0.2, -0.15) is 0 Å². The van der Waals surface area contributed by atoms with Crippen LogP contribution in [0.3, 0.4) is 0 Å². The summed E-state index contributed by atoms with van der Waals surface area (Å²) in [5, 5.41) is 12.3. The lowest BCUT2D eigenvalue weighted by Crippen LogP contribution is -2.54. The van der Waals surface area contributed by atoms with Crippen molar-refractivity contribution in [1.82, 2.24) is 4.90 Å². The summed E-state index contributed by atoms with van der Waals surface area (Å²) in [6, 6.07) is 3.89. The van der Waals surface area contributed by atoms with E-state index in [4.69, 9.17) is 0 Å². The molecule has 1 atom stereocenters. The van der Waals surface area contributed by atoms with Gasteiger partial charge in [-0.3, -0.25) is 4.79 Å². The minimum absolute atomic E-state index is 0.0985. The van der Waals surface area contributed by atoms with Crippen LogP contribution < -0.4 is 0 Å². The molecule has 1 amide bonds. The van der Waals surface area contributed by atoms with Crippen LogP contribution in [0.2, 0.25) is 0 Å². The molecule has 0 aromatic carbocycles. The smallest absolute Gasteiger partial charge is 0.228 e. The summed E-state index contributed by atoms with van der Waals surface area (Å²) in [4.78, 5) is 15.9. The highest BCUT2D eigenvalue weighted by Crippen LogP contribution is 2.60. The first-order valence-corrected chi connectivity index (χ1v) is 9.41. The second kappa shape index (κ2) is 5.34. The van der Waals surface area contributed by atoms with Gasteiger partial charge in [0.15, 0.2) is 0 Å². The van der Waals surface area contributed by atoms with Crippen molar-refractivity contribution in [3.63, 3.8) is 0 Å². The summed E-state index contributed by atoms with van der Waals surface area (Å²) in [5.74, 6) is 2.64. The molecule has 22 heavy (non-hydrogen) atoms. The maximum Gasteiger partial charge on any atom is 0.228 e. The Morgan fingerprint density at radius 3 is 2.41 bits per heavy atom. The largest absolute Gasteiger partial charge is 0.386 e. The molecule has 1 N–H and O–H groups in total. The predicted octanol–water partition coefficient (Wildman–Crippen LogP) is 3.46. The van der Waals surface area contributed by atoms with Crippen LogP contribution in [-0.2, 0) is 4.79 Å². The van der Waals surface area contributed by atoms with Crippen LogP contribution in [0.1, 0.15) is 49.5 Å². The summed E-state index contributed by atoms with van der Waals surface area (Å²) in [7, 11) is 1.87. The Hall–Kier alpha value is -0.870. The summed E-state index contributed by atoms with van der Waals surface area (Å²) < 4.78 is 0. The van der Waals surface area contributed by atoms with Gasteiger partial charge in [-0.1, -0.05) is 6.07 Å². The van der Waals surface area contributed by atoms with E-state index in [1.54, 1.807) is 16.2 Å². The van der Waals surface area contributed by atoms with Gasteiger partial charge < -0.3 is 10.0 Å². The van der Waals surface area contributed by atoms with Gasteiger partial charge >= 0.3 is 0 Å². The second-order valence-electron chi connectivity index (χ2n) is 7.91. The number of carbonyl (C=O) groups excluding carboxylic acids is 1. The third kappa shape index (κ3) is 2.41. The van der Waals surface area contributed by atoms with Crippen LogP contribution in [0.5, 0.6) is 0 Å². The maximum absolute atomic E-state index is 13.1. The number of hydrogen-bond donors (Lipinski definition) is 1. The first-order chi connectivity index (χ1) is 10.6. The van der Waals surface area contributed by atoms with Crippen LogP contribution in [0.15, 0.2) is 17.5 Å². The number of likely N-dealkylation sites (N-methyl/N-ethyl adjacent to an activating group) is 1. The van der Waals surface area contributed by atoms with Crippen LogP contribution in [0.25, 0.3) is 0 Å². The number of nitrogens with zero attached hydrogens (tertiary/aromatic N) is 1. The van der Waals surface area contributed by atoms with E-state index < -0.39 is 6.10 Å². The fourth-order valence-corrected chi connectivity index (χ4v) is 6.39. The van der Waals surface area contributed by atoms with Crippen molar-refractivity contribution in [3.05, 3.63) is 22.4 Å². The SMILES string of the molecule is CN(CC(O)c1cccs1)C(=O)C12CC3CC(CC(C3)C1)C2. The number of aliphatic hydroxyl groups is 1. The molecule has 4 saturated carbocycles. The first-order valence-electron chi connectivity index (χ1n) is 8.53. The molecule has 3 nitrogen and oxygen atoms in total. The quantitative estimate of drug-likeness (QED) is 0.923. The molecule has 1 aromatic rings. The highest BCUT2D eigenvalue weighted by atomic mass is 32.1. The molecule has 4 heteroatoms. The average molecular weight is 319 g/mol. The number of aliphatic hydroxyl groups excluding tert-OH is 1. The van der Waals surface area contributed by atoms with Crippen molar-refractivity contribution >= 4 is 17.2 Å². The van der Waals surface area contributed by atoms with Crippen LogP contribution in [-0.4, -0.2) is 29.5 Å². The van der Waals surface area contributed by atoms with Crippen molar-refractivity contribution < 1.29 is 9.90 Å². The molecule has 4 aliphatic rings. The van der Waals surface area contributed by atoms with E-state index in [2.05, 4.69) is 0 Å². The number of carbonyl (C=O) groups is 1. The molecule has 0 spiro atoms. The van der Waals surface area contributed by atoms with Gasteiger partial charge in [0.2, 0.25) is 5.91 Å². The van der Waals surface area contributed by atoms with E-state index in [1.165, 1.54) is 19.3 Å². The summed E-state index contributed by atoms with van der Waals surface area (Å²) in [6.45, 7) is 0.418. The zero-order valence-corrected chi connectivity index (χ0v) is 14.0. The lowest BCUT2D eigenvalue weighted by Gasteiger charge is -2.56. The fourth-order valence-electron chi connectivity index (χ4n) is 5.69. The van der Waals surface area contributed by atoms with Gasteiger partial charge in [-0.05, 0) is 67.7 Å². The van der Waals surface area contributed by atoms with E-state index in [1.807, 2.05) is 24.6 Å². The summed E-state index contributed by atoms with van der Waals surface area (Å²) in [6.07, 6.45) is 6.80. The molecule has 1 aromatic heterocycles. The fraction of sp³-hybridized carbons (Fsp3) is 0.722. The summed E-state index contributed by atoms with van der Waals surface area (Å²) in [5.41, 5.74) is -0.0985. The zero-order chi connectivity index (χ0) is 15.3. The minimum Gasteiger partial charge on any atom is -0.386 e. The lowest BCUT2D eigenvalue weighted by atomic mass is 9.49. The van der Waals surface area contributed by atoms with Gasteiger partial charge in [0, 0.05) is 11.9 Å². The van der Waals surface area contributed by atoms with Gasteiger partial charge in [0.05, 0.1) is 12.0 Å². The van der Waals surface area contributed by atoms with Crippen LogP contribution in [0, 0.1) is 23.2 Å². The van der Waals surface area contributed by atoms with Crippen molar-refractivity contribution in [2.45, 2.75) is 44.6 Å². The van der Waals surface area contributed by atoms with E-state index in [0.717, 1.165) is 41.9 Å². The van der Waals surface area contributed by atoms with Crippen molar-refractivity contribution in [3.8, 4) is 0 Å². The number of rotatable bonds is 4. The highest BCUT2D eigenvalue weighted by Gasteiger charge is 2.55. The molecule has 120 valence electrons. The van der Waals surface area contributed by atoms with Crippen molar-refractivity contribution in [2.75, 3.05) is 13.6 Å². The molecule has 0 aliphatic heterocycles. The molecule has 0 saturated heterocycles. The van der Waals surface area contributed by atoms with Gasteiger partial charge in [0.25, 0.3) is 0 Å². The van der Waals surface area contributed by atoms with E-state index in [9.17, 15) is 9.90 Å². The number of hydrogen-bond acceptors (Lipinski definition) is 3. The average Bonchev–Trinajstić information content (AvgIpc) is 2.99. The highest BCUT2D eigenvalue weighted by molar-refractivity contribution is 7.10. The Kier molecular flexibility index (Phi) is 3.57. The first kappa shape index (κ1) is 14.7. The van der Waals surface area contributed by atoms with Gasteiger partial charge in [-0.25, -0.2) is 0 Å². The number of amides is 1. The predicted molar refractivity (Wildman–Crippen MR) is 87.5 cm³/mol. The van der Waals surface area contributed by atoms with Crippen LogP contribution in [0.4, 0.5) is 0 Å². The normalized spacial score (nSPS) is 37.3. The Morgan fingerprint density at radius 1 is 1.32 bits per heavy atom. The Labute approximate surface area is 136 Å². The third-order valence-electron chi connectivity index (χ3n) is 6.16. The Balaban J connectivity index is 1.47. The number of thiophene rings is 1. The maximum atomic E-state index is 13.1. The van der Waals surface area contributed by atoms with Gasteiger partial charge in [-0.15, -0.1) is 11.3 Å². The topological polar surface area (TPSA) is 40.5 Å². The van der Waals surface area contributed by atoms with Gasteiger partial charge in [0.1, 0.15) is 6.10 Å². The third-order valence-corrected chi connectivity index (χ3v) is 7.13. The summed E-state index contributed by atoms with van der Waals surface area (Å²) >= 11 is 1.56. The molecule has 4 bridgehead atoms. The van der Waals surface area contributed by atoms with E-state index in [0.29, 0.717) is 12.5 Å². The zero-order valence-electron chi connectivity index (χ0n) is 13.2. The molecular formula is C18H25NO2S. The van der Waals surface area contributed by atoms with E-state index >= 15 is 0 Å². The molecule has 1 heterocycles. The molecule has 4 aliphatic carbocycles. The molecule has 0 radical (unpaired) electrons. The molecule has 1 unspecified atom stereocenters.